The van der Waals surface area contributed by atoms with Crippen LogP contribution in [0.3, 0.4) is 0 Å². The maximum Gasteiger partial charge on any atom is 0.335 e. The van der Waals surface area contributed by atoms with Crippen LogP contribution in [0.4, 0.5) is 0 Å². The highest BCUT2D eigenvalue weighted by atomic mass is 16.4. The minimum absolute atomic E-state index is 0.178. The van der Waals surface area contributed by atoms with Crippen molar-refractivity contribution in [2.24, 2.45) is 5.92 Å². The summed E-state index contributed by atoms with van der Waals surface area (Å²) in [6.07, 6.45) is 0.371. The van der Waals surface area contributed by atoms with Crippen molar-refractivity contribution in [2.45, 2.75) is 83.2 Å². The Labute approximate surface area is 159 Å². The normalized spacial score (nSPS) is 27.0. The van der Waals surface area contributed by atoms with Gasteiger partial charge in [-0.05, 0) is 52.4 Å². The van der Waals surface area contributed by atoms with E-state index in [4.69, 9.17) is 20.4 Å². The van der Waals surface area contributed by atoms with Crippen LogP contribution in [0.1, 0.15) is 53.4 Å². The van der Waals surface area contributed by atoms with E-state index in [0.29, 0.717) is 12.1 Å². The van der Waals surface area contributed by atoms with E-state index in [2.05, 4.69) is 31.0 Å². The van der Waals surface area contributed by atoms with Crippen LogP contribution in [-0.4, -0.2) is 79.5 Å². The van der Waals surface area contributed by atoms with E-state index in [0.717, 1.165) is 18.9 Å². The van der Waals surface area contributed by atoms with E-state index in [9.17, 15) is 14.4 Å². The first-order valence-corrected chi connectivity index (χ1v) is 9.20. The van der Waals surface area contributed by atoms with Crippen molar-refractivity contribution in [3.8, 4) is 0 Å². The second-order valence-electron chi connectivity index (χ2n) is 8.30. The van der Waals surface area contributed by atoms with Gasteiger partial charge in [0.1, 0.15) is 0 Å². The average Bonchev–Trinajstić information content (AvgIpc) is 2.95. The Balaban J connectivity index is 0.000000314. The molecule has 1 heterocycles. The number of carbonyl (C=O) groups excluding carboxylic acids is 1. The highest BCUT2D eigenvalue weighted by Crippen LogP contribution is 2.36. The van der Waals surface area contributed by atoms with Crippen LogP contribution in [0.25, 0.3) is 0 Å². The maximum absolute atomic E-state index is 11.6. The van der Waals surface area contributed by atoms with Crippen LogP contribution in [0.15, 0.2) is 0 Å². The highest BCUT2D eigenvalue weighted by molar-refractivity contribution is 5.83. The van der Waals surface area contributed by atoms with Gasteiger partial charge in [-0.1, -0.05) is 0 Å². The van der Waals surface area contributed by atoms with Gasteiger partial charge in [0.15, 0.2) is 12.2 Å². The molecule has 5 atom stereocenters. The summed E-state index contributed by atoms with van der Waals surface area (Å²) >= 11 is 0. The Hall–Kier alpha value is -1.71. The highest BCUT2D eigenvalue weighted by Gasteiger charge is 2.40. The van der Waals surface area contributed by atoms with Crippen molar-refractivity contribution in [1.82, 2.24) is 10.2 Å². The number of carbonyl (C=O) groups is 3. The second kappa shape index (κ2) is 9.48. The van der Waals surface area contributed by atoms with Crippen molar-refractivity contribution >= 4 is 17.8 Å². The van der Waals surface area contributed by atoms with Crippen molar-refractivity contribution in [1.29, 1.82) is 0 Å². The number of fused-ring (bicyclic) bond motifs is 1. The van der Waals surface area contributed by atoms with Crippen LogP contribution in [0, 0.1) is 5.92 Å². The number of aliphatic carboxylic acids is 2. The number of aliphatic hydroxyl groups excluding tert-OH is 2. The monoisotopic (exact) mass is 388 g/mol. The van der Waals surface area contributed by atoms with E-state index in [1.807, 2.05) is 0 Å². The number of carboxylic acid groups (broad SMARTS) is 2. The number of hydrogen-bond donors (Lipinski definition) is 5. The summed E-state index contributed by atoms with van der Waals surface area (Å²) in [6, 6.07) is 1.08. The Morgan fingerprint density at radius 3 is 1.93 bits per heavy atom. The summed E-state index contributed by atoms with van der Waals surface area (Å²) in [4.78, 5) is 33.2. The molecule has 0 aromatic rings. The summed E-state index contributed by atoms with van der Waals surface area (Å²) in [7, 11) is 0. The van der Waals surface area contributed by atoms with Crippen LogP contribution in [0.2, 0.25) is 0 Å². The zero-order valence-corrected chi connectivity index (χ0v) is 16.4. The molecule has 9 nitrogen and oxygen atoms in total. The molecule has 0 bridgehead atoms. The maximum atomic E-state index is 11.6. The lowest BCUT2D eigenvalue weighted by Crippen LogP contribution is -2.50. The van der Waals surface area contributed by atoms with Gasteiger partial charge in [0.25, 0.3) is 0 Å². The molecule has 1 saturated carbocycles. The van der Waals surface area contributed by atoms with Crippen molar-refractivity contribution < 1.29 is 34.8 Å². The third-order valence-corrected chi connectivity index (χ3v) is 4.94. The number of hydrogen-bond acceptors (Lipinski definition) is 6. The molecule has 27 heavy (non-hydrogen) atoms. The lowest BCUT2D eigenvalue weighted by molar-refractivity contribution is -0.165. The molecule has 2 fully saturated rings. The fraction of sp³-hybridized carbons (Fsp3) is 0.833. The van der Waals surface area contributed by atoms with Crippen LogP contribution in [-0.2, 0) is 14.4 Å². The first kappa shape index (κ1) is 23.3. The molecule has 156 valence electrons. The van der Waals surface area contributed by atoms with Crippen LogP contribution < -0.4 is 5.32 Å². The summed E-state index contributed by atoms with van der Waals surface area (Å²) in [5.74, 6) is -2.52. The van der Waals surface area contributed by atoms with Gasteiger partial charge in [-0.25, -0.2) is 9.59 Å². The van der Waals surface area contributed by atoms with Gasteiger partial charge in [0, 0.05) is 31.1 Å². The van der Waals surface area contributed by atoms with Crippen molar-refractivity contribution in [3.05, 3.63) is 0 Å². The molecule has 2 aliphatic rings. The third kappa shape index (κ3) is 7.08. The Bertz CT molecular complexity index is 528. The zero-order valence-electron chi connectivity index (χ0n) is 16.4. The number of carboxylic acids is 2. The number of nitrogens with one attached hydrogen (secondary N) is 1. The third-order valence-electron chi connectivity index (χ3n) is 4.94. The van der Waals surface area contributed by atoms with Gasteiger partial charge in [-0.3, -0.25) is 4.79 Å². The van der Waals surface area contributed by atoms with E-state index in [1.54, 1.807) is 6.92 Å². The van der Waals surface area contributed by atoms with Gasteiger partial charge < -0.3 is 30.6 Å². The molecule has 1 amide bonds. The standard InChI is InChI=1S/C14H26N2O.C4H6O6/c1-10(17)16-8-7-11-5-6-12(9-13(11)16)15-14(2,3)4;5-1(3(7)8)2(6)4(9)10/h11-13,15H,5-9H2,1-4H3;1-2,5-6H,(H,7,8)(H,9,10)/t11-,12-,13-;/m1./s1. The van der Waals surface area contributed by atoms with Gasteiger partial charge >= 0.3 is 11.9 Å². The Morgan fingerprint density at radius 2 is 1.52 bits per heavy atom. The van der Waals surface area contributed by atoms with Gasteiger partial charge in [-0.2, -0.15) is 0 Å². The molecule has 1 aliphatic heterocycles. The van der Waals surface area contributed by atoms with E-state index >= 15 is 0 Å². The lowest BCUT2D eigenvalue weighted by atomic mass is 9.81. The van der Waals surface area contributed by atoms with E-state index in [-0.39, 0.29) is 11.4 Å². The SMILES string of the molecule is CC(=O)N1CC[C@H]2CC[C@@H](NC(C)(C)C)C[C@H]21.O=C(O)C(O)C(O)C(=O)O. The van der Waals surface area contributed by atoms with Crippen LogP contribution in [0.5, 0.6) is 0 Å². The molecule has 9 heteroatoms. The number of amides is 1. The fourth-order valence-corrected chi connectivity index (χ4v) is 3.80. The smallest absolute Gasteiger partial charge is 0.335 e. The predicted octanol–water partition coefficient (Wildman–Crippen LogP) is 0.0414. The minimum atomic E-state index is -2.27. The molecule has 2 rings (SSSR count). The summed E-state index contributed by atoms with van der Waals surface area (Å²) < 4.78 is 0. The fourth-order valence-electron chi connectivity index (χ4n) is 3.80. The lowest BCUT2D eigenvalue weighted by Gasteiger charge is -2.39. The number of likely N-dealkylation sites (tertiary alicyclic amines) is 1. The van der Waals surface area contributed by atoms with Gasteiger partial charge in [0.2, 0.25) is 5.91 Å². The molecule has 0 aromatic heterocycles. The molecule has 0 radical (unpaired) electrons. The first-order chi connectivity index (χ1) is 12.3. The Kier molecular flexibility index (Phi) is 8.19. The zero-order chi connectivity index (χ0) is 20.9. The number of aliphatic hydroxyl groups is 2. The van der Waals surface area contributed by atoms with Crippen molar-refractivity contribution in [3.63, 3.8) is 0 Å². The molecule has 0 aromatic carbocycles. The second-order valence-corrected chi connectivity index (χ2v) is 8.30. The quantitative estimate of drug-likeness (QED) is 0.453. The molecule has 0 spiro atoms. The number of rotatable bonds is 4. The van der Waals surface area contributed by atoms with E-state index < -0.39 is 24.1 Å². The molecule has 2 unspecified atom stereocenters. The summed E-state index contributed by atoms with van der Waals surface area (Å²) in [5.41, 5.74) is 0.178. The molecular formula is C18H32N2O7. The average molecular weight is 388 g/mol. The first-order valence-electron chi connectivity index (χ1n) is 9.20. The summed E-state index contributed by atoms with van der Waals surface area (Å²) in [5, 5.41) is 36.2. The minimum Gasteiger partial charge on any atom is -0.479 e. The topological polar surface area (TPSA) is 147 Å². The molecular weight excluding hydrogens is 356 g/mol. The van der Waals surface area contributed by atoms with Crippen LogP contribution >= 0.6 is 0 Å². The molecule has 1 aliphatic carbocycles. The van der Waals surface area contributed by atoms with Gasteiger partial charge in [-0.15, -0.1) is 0 Å². The predicted molar refractivity (Wildman–Crippen MR) is 97.1 cm³/mol. The molecule has 5 N–H and O–H groups in total. The molecule has 1 saturated heterocycles. The summed E-state index contributed by atoms with van der Waals surface area (Å²) in [6.45, 7) is 9.35. The van der Waals surface area contributed by atoms with Crippen molar-refractivity contribution in [2.75, 3.05) is 6.54 Å². The van der Waals surface area contributed by atoms with E-state index in [1.165, 1.54) is 19.3 Å². The van der Waals surface area contributed by atoms with Gasteiger partial charge in [0.05, 0.1) is 0 Å². The largest absolute Gasteiger partial charge is 0.479 e. The number of nitrogens with zero attached hydrogens (tertiary/aromatic N) is 1. The Morgan fingerprint density at radius 1 is 1.00 bits per heavy atom.